The number of ketones is 1. The molecule has 8 nitrogen and oxygen atoms in total. The maximum Gasteiger partial charge on any atom is 0.291 e. The average molecular weight is 378 g/mol. The molecule has 0 radical (unpaired) electrons. The summed E-state index contributed by atoms with van der Waals surface area (Å²) in [6.45, 7) is 3.44. The van der Waals surface area contributed by atoms with E-state index in [9.17, 15) is 19.7 Å². The van der Waals surface area contributed by atoms with E-state index in [1.165, 1.54) is 29.8 Å². The Bertz CT molecular complexity index is 1110. The van der Waals surface area contributed by atoms with Crippen LogP contribution in [0, 0.1) is 10.1 Å². The lowest BCUT2D eigenvalue weighted by Gasteiger charge is -2.16. The minimum atomic E-state index is -0.524. The van der Waals surface area contributed by atoms with Crippen LogP contribution in [0.5, 0.6) is 0 Å². The highest BCUT2D eigenvalue weighted by Gasteiger charge is 2.22. The predicted molar refractivity (Wildman–Crippen MR) is 106 cm³/mol. The van der Waals surface area contributed by atoms with E-state index in [2.05, 4.69) is 10.4 Å². The van der Waals surface area contributed by atoms with Crippen LogP contribution in [0.25, 0.3) is 11.3 Å². The summed E-state index contributed by atoms with van der Waals surface area (Å²) in [6, 6.07) is 14.8. The van der Waals surface area contributed by atoms with Gasteiger partial charge in [0.1, 0.15) is 11.4 Å². The fourth-order valence-corrected chi connectivity index (χ4v) is 2.88. The number of nitro groups is 1. The van der Waals surface area contributed by atoms with Crippen molar-refractivity contribution in [3.8, 4) is 11.3 Å². The Morgan fingerprint density at radius 2 is 1.89 bits per heavy atom. The third-order valence-corrected chi connectivity index (χ3v) is 4.18. The van der Waals surface area contributed by atoms with Gasteiger partial charge in [-0.2, -0.15) is 5.10 Å². The first-order chi connectivity index (χ1) is 13.4. The summed E-state index contributed by atoms with van der Waals surface area (Å²) in [5.41, 5.74) is 0.999. The monoisotopic (exact) mass is 378 g/mol. The molecule has 0 aliphatic rings. The molecule has 0 aliphatic carbocycles. The number of carbonyl (C=O) groups excluding carboxylic acids is 1. The lowest BCUT2D eigenvalue weighted by atomic mass is 10.0. The van der Waals surface area contributed by atoms with Gasteiger partial charge >= 0.3 is 0 Å². The number of Topliss-reactive ketones (excluding diaryl/α,β-unsaturated/α-hetero) is 1. The molecule has 0 saturated carbocycles. The first kappa shape index (κ1) is 19.0. The van der Waals surface area contributed by atoms with Crippen LogP contribution in [-0.4, -0.2) is 20.5 Å². The molecule has 0 atom stereocenters. The number of carbonyl (C=O) groups is 1. The molecule has 1 N–H and O–H groups in total. The highest BCUT2D eigenvalue weighted by atomic mass is 16.6. The number of anilines is 2. The molecule has 0 fully saturated rings. The molecular weight excluding hydrogens is 360 g/mol. The molecule has 3 aromatic rings. The van der Waals surface area contributed by atoms with Crippen molar-refractivity contribution in [1.29, 1.82) is 0 Å². The number of nitro benzene ring substituents is 1. The van der Waals surface area contributed by atoms with E-state index in [-0.39, 0.29) is 22.7 Å². The Morgan fingerprint density at radius 3 is 2.50 bits per heavy atom. The van der Waals surface area contributed by atoms with Crippen molar-refractivity contribution in [3.63, 3.8) is 0 Å². The summed E-state index contributed by atoms with van der Waals surface area (Å²) < 4.78 is 1.26. The molecule has 3 rings (SSSR count). The van der Waals surface area contributed by atoms with Crippen LogP contribution in [-0.2, 0) is 6.54 Å². The number of hydrogen-bond acceptors (Lipinski definition) is 6. The van der Waals surface area contributed by atoms with Crippen LogP contribution >= 0.6 is 0 Å². The van der Waals surface area contributed by atoms with Gasteiger partial charge < -0.3 is 5.32 Å². The lowest BCUT2D eigenvalue weighted by molar-refractivity contribution is -0.384. The second kappa shape index (κ2) is 7.83. The molecule has 0 saturated heterocycles. The van der Waals surface area contributed by atoms with Crippen molar-refractivity contribution in [3.05, 3.63) is 80.6 Å². The summed E-state index contributed by atoms with van der Waals surface area (Å²) in [7, 11) is 0. The molecule has 1 heterocycles. The number of rotatable bonds is 6. The Kier molecular flexibility index (Phi) is 5.30. The van der Waals surface area contributed by atoms with Crippen LogP contribution in [0.3, 0.4) is 0 Å². The highest BCUT2D eigenvalue weighted by Crippen LogP contribution is 2.28. The third kappa shape index (κ3) is 3.66. The Balaban J connectivity index is 2.25. The summed E-state index contributed by atoms with van der Waals surface area (Å²) >= 11 is 0. The zero-order valence-electron chi connectivity index (χ0n) is 15.4. The summed E-state index contributed by atoms with van der Waals surface area (Å²) in [5.74, 6) is -0.334. The van der Waals surface area contributed by atoms with Gasteiger partial charge in [-0.15, -0.1) is 0 Å². The molecule has 0 amide bonds. The molecule has 28 heavy (non-hydrogen) atoms. The minimum Gasteiger partial charge on any atom is -0.350 e. The van der Waals surface area contributed by atoms with Crippen molar-refractivity contribution < 1.29 is 9.72 Å². The number of aryl methyl sites for hydroxylation is 1. The molecular formula is C20H18N4O4. The van der Waals surface area contributed by atoms with E-state index in [1.54, 1.807) is 25.1 Å². The summed E-state index contributed by atoms with van der Waals surface area (Å²) in [5, 5.41) is 18.3. The Labute approximate surface area is 160 Å². The van der Waals surface area contributed by atoms with Crippen LogP contribution in [0.4, 0.5) is 17.1 Å². The second-order valence-corrected chi connectivity index (χ2v) is 6.07. The van der Waals surface area contributed by atoms with Gasteiger partial charge in [-0.1, -0.05) is 36.4 Å². The van der Waals surface area contributed by atoms with Gasteiger partial charge in [0.15, 0.2) is 5.78 Å². The molecule has 0 unspecified atom stereocenters. The smallest absolute Gasteiger partial charge is 0.291 e. The first-order valence-corrected chi connectivity index (χ1v) is 8.65. The average Bonchev–Trinajstić information content (AvgIpc) is 2.69. The van der Waals surface area contributed by atoms with Gasteiger partial charge in [0.05, 0.1) is 10.5 Å². The molecule has 2 aromatic carbocycles. The number of hydrogen-bond donors (Lipinski definition) is 1. The van der Waals surface area contributed by atoms with Crippen LogP contribution in [0.2, 0.25) is 0 Å². The Morgan fingerprint density at radius 1 is 1.18 bits per heavy atom. The van der Waals surface area contributed by atoms with E-state index in [0.29, 0.717) is 23.5 Å². The van der Waals surface area contributed by atoms with Crippen molar-refractivity contribution in [2.75, 3.05) is 5.32 Å². The van der Waals surface area contributed by atoms with E-state index >= 15 is 0 Å². The molecule has 142 valence electrons. The quantitative estimate of drug-likeness (QED) is 0.397. The van der Waals surface area contributed by atoms with E-state index in [1.807, 2.05) is 18.2 Å². The number of nitrogens with one attached hydrogen (secondary N) is 1. The number of aromatic nitrogens is 2. The Hall–Kier alpha value is -3.81. The fraction of sp³-hybridized carbons (Fsp3) is 0.150. The van der Waals surface area contributed by atoms with Crippen LogP contribution < -0.4 is 10.9 Å². The summed E-state index contributed by atoms with van der Waals surface area (Å²) in [6.07, 6.45) is 0. The second-order valence-electron chi connectivity index (χ2n) is 6.07. The van der Waals surface area contributed by atoms with Crippen LogP contribution in [0.15, 0.2) is 59.4 Å². The van der Waals surface area contributed by atoms with Crippen molar-refractivity contribution >= 4 is 22.8 Å². The highest BCUT2D eigenvalue weighted by molar-refractivity contribution is 6.05. The maximum atomic E-state index is 12.9. The first-order valence-electron chi connectivity index (χ1n) is 8.65. The van der Waals surface area contributed by atoms with Gasteiger partial charge in [0.2, 0.25) is 0 Å². The zero-order chi connectivity index (χ0) is 20.3. The van der Waals surface area contributed by atoms with Gasteiger partial charge in [-0.3, -0.25) is 19.7 Å². The molecule has 0 spiro atoms. The topological polar surface area (TPSA) is 107 Å². The SMILES string of the molecule is CCn1nc(-c2ccccc2)c(C(C)=O)c(Nc2cccc([N+](=O)[O-])c2)c1=O. The van der Waals surface area contributed by atoms with Crippen molar-refractivity contribution in [2.45, 2.75) is 20.4 Å². The lowest BCUT2D eigenvalue weighted by Crippen LogP contribution is -2.28. The van der Waals surface area contributed by atoms with Gasteiger partial charge in [0.25, 0.3) is 11.2 Å². The van der Waals surface area contributed by atoms with Crippen LogP contribution in [0.1, 0.15) is 24.2 Å². The predicted octanol–water partition coefficient (Wildman–Crippen LogP) is 3.78. The number of non-ortho nitro benzene ring substituents is 1. The minimum absolute atomic E-state index is 0.0451. The van der Waals surface area contributed by atoms with E-state index < -0.39 is 10.5 Å². The largest absolute Gasteiger partial charge is 0.350 e. The molecule has 0 aliphatic heterocycles. The number of nitrogens with zero attached hydrogens (tertiary/aromatic N) is 3. The van der Waals surface area contributed by atoms with Gasteiger partial charge in [0, 0.05) is 29.9 Å². The van der Waals surface area contributed by atoms with Gasteiger partial charge in [-0.25, -0.2) is 4.68 Å². The molecule has 8 heteroatoms. The molecule has 0 bridgehead atoms. The fourth-order valence-electron chi connectivity index (χ4n) is 2.88. The normalized spacial score (nSPS) is 10.5. The van der Waals surface area contributed by atoms with E-state index in [4.69, 9.17) is 0 Å². The number of benzene rings is 2. The van der Waals surface area contributed by atoms with Crippen molar-refractivity contribution in [2.24, 2.45) is 0 Å². The van der Waals surface area contributed by atoms with Gasteiger partial charge in [-0.05, 0) is 19.9 Å². The maximum absolute atomic E-state index is 12.9. The zero-order valence-corrected chi connectivity index (χ0v) is 15.4. The van der Waals surface area contributed by atoms with E-state index in [0.717, 1.165) is 0 Å². The summed E-state index contributed by atoms with van der Waals surface area (Å²) in [4.78, 5) is 35.8. The van der Waals surface area contributed by atoms with Crippen molar-refractivity contribution in [1.82, 2.24) is 9.78 Å². The molecule has 1 aromatic heterocycles. The standard InChI is InChI=1S/C20H18N4O4/c1-3-23-20(26)19(21-15-10-7-11-16(12-15)24(27)28)17(13(2)25)18(22-23)14-8-5-4-6-9-14/h4-12,21H,3H2,1-2H3. The third-order valence-electron chi connectivity index (χ3n) is 4.18.